The minimum Gasteiger partial charge on any atom is -0.297 e. The molecule has 358 valence electrons. The lowest BCUT2D eigenvalue weighted by Gasteiger charge is -2.32. The number of nitrogens with zero attached hydrogens (tertiary/aromatic N) is 2. The Morgan fingerprint density at radius 3 is 1.43 bits per heavy atom. The molecule has 2 saturated heterocycles. The largest absolute Gasteiger partial charge is 0.516 e. The maximum absolute atomic E-state index is 13.3. The summed E-state index contributed by atoms with van der Waals surface area (Å²) in [5.74, 6) is -3.91. The van der Waals surface area contributed by atoms with Crippen molar-refractivity contribution in [3.05, 3.63) is 133 Å². The number of Topliss-reactive ketones (excluding diaryl/α,β-unsaturated/α-hetero) is 1. The van der Waals surface area contributed by atoms with E-state index in [0.717, 1.165) is 53.9 Å². The van der Waals surface area contributed by atoms with Crippen molar-refractivity contribution in [3.8, 4) is 11.1 Å². The molecule has 8 rings (SSSR count). The van der Waals surface area contributed by atoms with Crippen molar-refractivity contribution >= 4 is 90.2 Å². The first-order valence-electron chi connectivity index (χ1n) is 21.9. The minimum atomic E-state index is -5.90. The number of carbonyl (C=O) groups is 2. The van der Waals surface area contributed by atoms with Crippen molar-refractivity contribution in [1.82, 2.24) is 14.5 Å². The molecular weight excluding hydrogens is 967 g/mol. The summed E-state index contributed by atoms with van der Waals surface area (Å²) in [6.07, 6.45) is 3.58. The van der Waals surface area contributed by atoms with E-state index in [9.17, 15) is 52.8 Å². The lowest BCUT2D eigenvalue weighted by molar-refractivity contribution is -0.121. The molecule has 19 heteroatoms. The third-order valence-corrected chi connectivity index (χ3v) is 20.4. The molecule has 2 fully saturated rings. The minimum absolute atomic E-state index is 0.261. The molecule has 1 amide bonds. The number of hydrogen-bond acceptors (Lipinski definition) is 8. The van der Waals surface area contributed by atoms with Crippen LogP contribution in [0.3, 0.4) is 0 Å². The van der Waals surface area contributed by atoms with Crippen LogP contribution < -0.4 is 25.9 Å². The van der Waals surface area contributed by atoms with E-state index in [1.807, 2.05) is 89.8 Å². The number of ketones is 1. The highest BCUT2D eigenvalue weighted by molar-refractivity contribution is 7.93. The molecule has 6 aromatic carbocycles. The Morgan fingerprint density at radius 2 is 0.985 bits per heavy atom. The van der Waals surface area contributed by atoms with E-state index in [1.165, 1.54) is 4.72 Å². The van der Waals surface area contributed by atoms with Crippen LogP contribution >= 0.6 is 15.8 Å². The van der Waals surface area contributed by atoms with Crippen molar-refractivity contribution in [1.29, 1.82) is 0 Å². The average molecular weight is 1010 g/mol. The molecule has 0 aromatic heterocycles. The lowest BCUT2D eigenvalue weighted by Crippen LogP contribution is -2.46. The summed E-state index contributed by atoms with van der Waals surface area (Å²) >= 11 is 0. The van der Waals surface area contributed by atoms with Gasteiger partial charge in [-0.05, 0) is 121 Å². The molecule has 9 nitrogen and oxygen atoms in total. The number of fused-ring (bicyclic) bond motifs is 2. The molecule has 1 N–H and O–H groups in total. The maximum atomic E-state index is 13.3. The Labute approximate surface area is 393 Å². The summed E-state index contributed by atoms with van der Waals surface area (Å²) < 4.78 is 129. The number of amides is 1. The molecule has 0 bridgehead atoms. The molecular formula is C49H47F6N3O6P2S2. The Kier molecular flexibility index (Phi) is 14.8. The predicted octanol–water partition coefficient (Wildman–Crippen LogP) is 7.92. The Bertz CT molecular complexity index is 2830. The molecule has 2 aliphatic heterocycles. The number of sulfonamides is 1. The standard InChI is InChI=1S/C49H47F6N3O6P2S2/c50-48(51,52)67(61,62)33-38(59)29-57-27-11-15-36(57)31-65(39-17-3-1-4-18-39)43-25-23-34-13-7-9-21-41(34)46(43)47-42-22-10-8-14-35(42)24-26-44(47)66(40-19-5-2-6-20-40)32-37-16-12-28-58(37)30-45(60)56-68(63,64)49(53,54)55/h1-10,13-14,17-26,36-37H,11-12,15-16,27-33H2,(H,56,60)/t36-,37-,65?,66?/m0/s1. The fourth-order valence-electron chi connectivity index (χ4n) is 9.43. The van der Waals surface area contributed by atoms with E-state index >= 15 is 0 Å². The van der Waals surface area contributed by atoms with E-state index in [4.69, 9.17) is 0 Å². The average Bonchev–Trinajstić information content (AvgIpc) is 3.94. The van der Waals surface area contributed by atoms with Crippen molar-refractivity contribution < 1.29 is 52.8 Å². The third kappa shape index (κ3) is 10.8. The van der Waals surface area contributed by atoms with E-state index in [-0.39, 0.29) is 12.1 Å². The number of carbonyl (C=O) groups excluding carboxylic acids is 2. The van der Waals surface area contributed by atoms with Gasteiger partial charge in [-0.25, -0.2) is 13.1 Å². The molecule has 68 heavy (non-hydrogen) atoms. The summed E-state index contributed by atoms with van der Waals surface area (Å²) in [7, 11) is -14.1. The Hall–Kier alpha value is -4.76. The van der Waals surface area contributed by atoms with Gasteiger partial charge in [-0.2, -0.15) is 34.8 Å². The first-order valence-corrected chi connectivity index (χ1v) is 28.1. The van der Waals surface area contributed by atoms with Gasteiger partial charge in [0.2, 0.25) is 5.91 Å². The van der Waals surface area contributed by atoms with Gasteiger partial charge in [-0.3, -0.25) is 19.4 Å². The van der Waals surface area contributed by atoms with E-state index in [2.05, 4.69) is 48.5 Å². The molecule has 2 unspecified atom stereocenters. The van der Waals surface area contributed by atoms with Gasteiger partial charge in [0, 0.05) is 12.1 Å². The summed E-state index contributed by atoms with van der Waals surface area (Å²) in [6.45, 7) is -0.185. The van der Waals surface area contributed by atoms with Gasteiger partial charge in [-0.15, -0.1) is 0 Å². The molecule has 2 aliphatic rings. The number of nitrogens with one attached hydrogen (secondary N) is 1. The van der Waals surface area contributed by atoms with Crippen LogP contribution in [0.4, 0.5) is 26.3 Å². The zero-order chi connectivity index (χ0) is 48.4. The van der Waals surface area contributed by atoms with Crippen LogP contribution in [-0.2, 0) is 29.4 Å². The van der Waals surface area contributed by atoms with Crippen LogP contribution in [0, 0.1) is 0 Å². The van der Waals surface area contributed by atoms with E-state index in [0.29, 0.717) is 51.1 Å². The van der Waals surface area contributed by atoms with Gasteiger partial charge in [0.05, 0.1) is 13.1 Å². The second kappa shape index (κ2) is 20.3. The molecule has 0 aliphatic carbocycles. The first kappa shape index (κ1) is 49.7. The fourth-order valence-corrected chi connectivity index (χ4v) is 16.2. The normalized spacial score (nSPS) is 18.5. The summed E-state index contributed by atoms with van der Waals surface area (Å²) in [6, 6.07) is 43.8. The number of alkyl halides is 6. The van der Waals surface area contributed by atoms with Crippen molar-refractivity contribution in [3.63, 3.8) is 0 Å². The zero-order valence-corrected chi connectivity index (χ0v) is 39.9. The molecule has 4 atom stereocenters. The van der Waals surface area contributed by atoms with Gasteiger partial charge in [0.15, 0.2) is 5.78 Å². The monoisotopic (exact) mass is 1010 g/mol. The van der Waals surface area contributed by atoms with Gasteiger partial charge < -0.3 is 0 Å². The number of halogens is 6. The van der Waals surface area contributed by atoms with Crippen LogP contribution in [0.1, 0.15) is 25.7 Å². The van der Waals surface area contributed by atoms with Crippen LogP contribution in [0.15, 0.2) is 133 Å². The number of rotatable bonds is 16. The van der Waals surface area contributed by atoms with Crippen LogP contribution in [0.25, 0.3) is 32.7 Å². The quantitative estimate of drug-likeness (QED) is 0.0768. The molecule has 0 spiro atoms. The van der Waals surface area contributed by atoms with Crippen molar-refractivity contribution in [2.24, 2.45) is 0 Å². The summed E-state index contributed by atoms with van der Waals surface area (Å²) in [5, 5.41) is 7.95. The third-order valence-electron chi connectivity index (χ3n) is 12.5. The fraction of sp³-hybridized carbons (Fsp3) is 0.306. The Balaban J connectivity index is 1.26. The number of hydrogen-bond donors (Lipinski definition) is 1. The van der Waals surface area contributed by atoms with Gasteiger partial charge in [0.1, 0.15) is 5.75 Å². The molecule has 2 heterocycles. The Morgan fingerprint density at radius 1 is 0.559 bits per heavy atom. The topological polar surface area (TPSA) is 121 Å². The van der Waals surface area contributed by atoms with Crippen molar-refractivity contribution in [2.75, 3.05) is 44.3 Å². The van der Waals surface area contributed by atoms with Gasteiger partial charge in [0.25, 0.3) is 9.84 Å². The van der Waals surface area contributed by atoms with Crippen LogP contribution in [0.2, 0.25) is 0 Å². The van der Waals surface area contributed by atoms with Crippen molar-refractivity contribution in [2.45, 2.75) is 48.8 Å². The van der Waals surface area contributed by atoms with E-state index in [1.54, 1.807) is 4.90 Å². The molecule has 0 radical (unpaired) electrons. The molecule has 0 saturated carbocycles. The maximum Gasteiger partial charge on any atom is 0.516 e. The van der Waals surface area contributed by atoms with Crippen LogP contribution in [-0.4, -0.2) is 106 Å². The highest BCUT2D eigenvalue weighted by Gasteiger charge is 2.48. The smallest absolute Gasteiger partial charge is 0.297 e. The highest BCUT2D eigenvalue weighted by atomic mass is 32.2. The second-order valence-corrected chi connectivity index (χ2v) is 25.1. The number of likely N-dealkylation sites (tertiary alicyclic amines) is 2. The zero-order valence-electron chi connectivity index (χ0n) is 36.5. The molecule has 6 aromatic rings. The highest BCUT2D eigenvalue weighted by Crippen LogP contribution is 2.48. The summed E-state index contributed by atoms with van der Waals surface area (Å²) in [4.78, 5) is 29.6. The van der Waals surface area contributed by atoms with Gasteiger partial charge in [-0.1, -0.05) is 133 Å². The number of benzene rings is 6. The van der Waals surface area contributed by atoms with Gasteiger partial charge >= 0.3 is 21.0 Å². The SMILES string of the molecule is O=C(CN1CCC[C@H]1CP(c1ccccc1)c1ccc2ccccc2c1-c1c(P(C[C@@H]2CCCN2CC(=O)NS(=O)(=O)C(F)(F)F)c2ccccc2)ccc2ccccc12)CS(=O)(=O)C(F)(F)F. The summed E-state index contributed by atoms with van der Waals surface area (Å²) in [5.41, 5.74) is -9.24. The predicted molar refractivity (Wildman–Crippen MR) is 259 cm³/mol. The lowest BCUT2D eigenvalue weighted by atomic mass is 9.93. The van der Waals surface area contributed by atoms with Crippen LogP contribution in [0.5, 0.6) is 0 Å². The number of sulfone groups is 1. The first-order chi connectivity index (χ1) is 32.3. The van der Waals surface area contributed by atoms with E-state index < -0.39 is 77.3 Å². The second-order valence-electron chi connectivity index (χ2n) is 17.0.